The monoisotopic (exact) mass is 334 g/mol. The number of hydrogen-bond acceptors (Lipinski definition) is 3. The molecule has 0 saturated carbocycles. The van der Waals surface area contributed by atoms with E-state index in [4.69, 9.17) is 4.74 Å². The molecule has 1 N–H and O–H groups in total. The third kappa shape index (κ3) is 6.60. The number of ether oxygens (including phenoxy) is 1. The SMILES string of the molecule is CCc1cccc(OCCCN(C)C(=O)[C@@H](NC(C)=O)C(C)C)c1. The first-order chi connectivity index (χ1) is 11.3. The second kappa shape index (κ2) is 9.96. The molecule has 2 amide bonds. The minimum Gasteiger partial charge on any atom is -0.494 e. The second-order valence-corrected chi connectivity index (χ2v) is 6.38. The number of amides is 2. The summed E-state index contributed by atoms with van der Waals surface area (Å²) in [6.45, 7) is 8.54. The molecule has 0 aromatic heterocycles. The van der Waals surface area contributed by atoms with Gasteiger partial charge in [-0.1, -0.05) is 32.9 Å². The van der Waals surface area contributed by atoms with Gasteiger partial charge in [-0.2, -0.15) is 0 Å². The summed E-state index contributed by atoms with van der Waals surface area (Å²) >= 11 is 0. The zero-order valence-corrected chi connectivity index (χ0v) is 15.5. The molecular formula is C19H30N2O3. The highest BCUT2D eigenvalue weighted by Gasteiger charge is 2.25. The maximum Gasteiger partial charge on any atom is 0.245 e. The molecule has 0 fully saturated rings. The molecule has 0 radical (unpaired) electrons. The molecule has 24 heavy (non-hydrogen) atoms. The van der Waals surface area contributed by atoms with E-state index in [9.17, 15) is 9.59 Å². The van der Waals surface area contributed by atoms with Gasteiger partial charge in [0.1, 0.15) is 11.8 Å². The van der Waals surface area contributed by atoms with E-state index in [1.54, 1.807) is 11.9 Å². The maximum atomic E-state index is 12.4. The van der Waals surface area contributed by atoms with Crippen LogP contribution in [0.1, 0.15) is 39.7 Å². The molecule has 5 heteroatoms. The van der Waals surface area contributed by atoms with Crippen molar-refractivity contribution in [3.05, 3.63) is 29.8 Å². The first-order valence-corrected chi connectivity index (χ1v) is 8.59. The summed E-state index contributed by atoms with van der Waals surface area (Å²) in [7, 11) is 1.76. The van der Waals surface area contributed by atoms with Gasteiger partial charge in [-0.25, -0.2) is 0 Å². The first kappa shape index (κ1) is 20.0. The van der Waals surface area contributed by atoms with E-state index in [-0.39, 0.29) is 17.7 Å². The summed E-state index contributed by atoms with van der Waals surface area (Å²) < 4.78 is 5.74. The Morgan fingerprint density at radius 1 is 1.29 bits per heavy atom. The van der Waals surface area contributed by atoms with Gasteiger partial charge in [-0.3, -0.25) is 9.59 Å². The fraction of sp³-hybridized carbons (Fsp3) is 0.579. The number of carbonyl (C=O) groups excluding carboxylic acids is 2. The van der Waals surface area contributed by atoms with Crippen molar-refractivity contribution in [1.29, 1.82) is 0 Å². The minimum absolute atomic E-state index is 0.0527. The molecule has 0 saturated heterocycles. The fourth-order valence-corrected chi connectivity index (χ4v) is 2.43. The van der Waals surface area contributed by atoms with Crippen molar-refractivity contribution >= 4 is 11.8 Å². The van der Waals surface area contributed by atoms with Crippen molar-refractivity contribution in [2.24, 2.45) is 5.92 Å². The lowest BCUT2D eigenvalue weighted by Crippen LogP contribution is -2.49. The van der Waals surface area contributed by atoms with Gasteiger partial charge in [-0.05, 0) is 36.5 Å². The van der Waals surface area contributed by atoms with Crippen LogP contribution in [-0.4, -0.2) is 43.0 Å². The Morgan fingerprint density at radius 2 is 2.00 bits per heavy atom. The lowest BCUT2D eigenvalue weighted by atomic mass is 10.0. The van der Waals surface area contributed by atoms with Crippen LogP contribution in [0.15, 0.2) is 24.3 Å². The number of likely N-dealkylation sites (N-methyl/N-ethyl adjacent to an activating group) is 1. The fourth-order valence-electron chi connectivity index (χ4n) is 2.43. The second-order valence-electron chi connectivity index (χ2n) is 6.38. The summed E-state index contributed by atoms with van der Waals surface area (Å²) in [5.74, 6) is 0.668. The van der Waals surface area contributed by atoms with E-state index >= 15 is 0 Å². The van der Waals surface area contributed by atoms with Crippen LogP contribution in [-0.2, 0) is 16.0 Å². The van der Waals surface area contributed by atoms with Gasteiger partial charge < -0.3 is 15.0 Å². The van der Waals surface area contributed by atoms with Crippen LogP contribution in [0.25, 0.3) is 0 Å². The zero-order valence-electron chi connectivity index (χ0n) is 15.5. The van der Waals surface area contributed by atoms with Crippen LogP contribution in [0.2, 0.25) is 0 Å². The highest BCUT2D eigenvalue weighted by atomic mass is 16.5. The van der Waals surface area contributed by atoms with Crippen LogP contribution in [0.3, 0.4) is 0 Å². The van der Waals surface area contributed by atoms with Crippen molar-refractivity contribution in [2.45, 2.75) is 46.6 Å². The topological polar surface area (TPSA) is 58.6 Å². The van der Waals surface area contributed by atoms with Crippen molar-refractivity contribution in [3.63, 3.8) is 0 Å². The molecule has 0 heterocycles. The molecule has 0 aliphatic heterocycles. The number of benzene rings is 1. The van der Waals surface area contributed by atoms with Crippen molar-refractivity contribution in [3.8, 4) is 5.75 Å². The highest BCUT2D eigenvalue weighted by Crippen LogP contribution is 2.14. The lowest BCUT2D eigenvalue weighted by molar-refractivity contribution is -0.136. The van der Waals surface area contributed by atoms with Gasteiger partial charge in [0.05, 0.1) is 6.61 Å². The van der Waals surface area contributed by atoms with E-state index in [2.05, 4.69) is 18.3 Å². The summed E-state index contributed by atoms with van der Waals surface area (Å²) in [4.78, 5) is 25.4. The van der Waals surface area contributed by atoms with Crippen molar-refractivity contribution in [2.75, 3.05) is 20.2 Å². The van der Waals surface area contributed by atoms with Crippen molar-refractivity contribution in [1.82, 2.24) is 10.2 Å². The van der Waals surface area contributed by atoms with Crippen molar-refractivity contribution < 1.29 is 14.3 Å². The van der Waals surface area contributed by atoms with Gasteiger partial charge in [0, 0.05) is 20.5 Å². The van der Waals surface area contributed by atoms with E-state index in [0.29, 0.717) is 13.2 Å². The molecule has 1 rings (SSSR count). The first-order valence-electron chi connectivity index (χ1n) is 8.59. The van der Waals surface area contributed by atoms with Crippen LogP contribution >= 0.6 is 0 Å². The van der Waals surface area contributed by atoms with E-state index in [0.717, 1.165) is 18.6 Å². The number of nitrogens with zero attached hydrogens (tertiary/aromatic N) is 1. The Balaban J connectivity index is 2.42. The van der Waals surface area contributed by atoms with Crippen LogP contribution in [0, 0.1) is 5.92 Å². The smallest absolute Gasteiger partial charge is 0.245 e. The third-order valence-corrected chi connectivity index (χ3v) is 3.88. The maximum absolute atomic E-state index is 12.4. The number of carbonyl (C=O) groups is 2. The van der Waals surface area contributed by atoms with E-state index in [1.165, 1.54) is 12.5 Å². The van der Waals surface area contributed by atoms with Gasteiger partial charge in [-0.15, -0.1) is 0 Å². The largest absolute Gasteiger partial charge is 0.494 e. The average molecular weight is 334 g/mol. The number of aryl methyl sites for hydroxylation is 1. The Labute approximate surface area is 145 Å². The summed E-state index contributed by atoms with van der Waals surface area (Å²) in [5.41, 5.74) is 1.25. The zero-order chi connectivity index (χ0) is 18.1. The molecule has 0 aliphatic carbocycles. The molecule has 134 valence electrons. The Kier molecular flexibility index (Phi) is 8.30. The van der Waals surface area contributed by atoms with Crippen LogP contribution in [0.4, 0.5) is 0 Å². The summed E-state index contributed by atoms with van der Waals surface area (Å²) in [6, 6.07) is 7.58. The van der Waals surface area contributed by atoms with Crippen LogP contribution in [0.5, 0.6) is 5.75 Å². The molecular weight excluding hydrogens is 304 g/mol. The van der Waals surface area contributed by atoms with Gasteiger partial charge >= 0.3 is 0 Å². The van der Waals surface area contributed by atoms with E-state index in [1.807, 2.05) is 32.0 Å². The predicted molar refractivity (Wildman–Crippen MR) is 96.0 cm³/mol. The molecule has 5 nitrogen and oxygen atoms in total. The van der Waals surface area contributed by atoms with E-state index < -0.39 is 6.04 Å². The summed E-state index contributed by atoms with van der Waals surface area (Å²) in [6.07, 6.45) is 1.72. The van der Waals surface area contributed by atoms with Gasteiger partial charge in [0.25, 0.3) is 0 Å². The molecule has 1 aromatic carbocycles. The summed E-state index contributed by atoms with van der Waals surface area (Å²) in [5, 5.41) is 2.73. The van der Waals surface area contributed by atoms with Gasteiger partial charge in [0.15, 0.2) is 0 Å². The average Bonchev–Trinajstić information content (AvgIpc) is 2.55. The molecule has 0 aliphatic rings. The molecule has 0 spiro atoms. The molecule has 0 bridgehead atoms. The minimum atomic E-state index is -0.477. The predicted octanol–water partition coefficient (Wildman–Crippen LogP) is 2.64. The Hall–Kier alpha value is -2.04. The molecule has 1 aromatic rings. The number of rotatable bonds is 9. The lowest BCUT2D eigenvalue weighted by Gasteiger charge is -2.26. The Morgan fingerprint density at radius 3 is 2.58 bits per heavy atom. The molecule has 1 atom stereocenters. The third-order valence-electron chi connectivity index (χ3n) is 3.88. The number of nitrogens with one attached hydrogen (secondary N) is 1. The Bertz CT molecular complexity index is 543. The normalized spacial score (nSPS) is 11.9. The number of hydrogen-bond donors (Lipinski definition) is 1. The van der Waals surface area contributed by atoms with Gasteiger partial charge in [0.2, 0.25) is 11.8 Å². The quantitative estimate of drug-likeness (QED) is 0.706. The highest BCUT2D eigenvalue weighted by molar-refractivity contribution is 5.86. The molecule has 0 unspecified atom stereocenters. The van der Waals surface area contributed by atoms with Crippen LogP contribution < -0.4 is 10.1 Å². The standard InChI is InChI=1S/C19H30N2O3/c1-6-16-9-7-10-17(13-16)24-12-8-11-21(5)19(23)18(14(2)3)20-15(4)22/h7,9-10,13-14,18H,6,8,11-12H2,1-5H3,(H,20,22)/t18-/m0/s1.